The summed E-state index contributed by atoms with van der Waals surface area (Å²) in [6.45, 7) is 0. The van der Waals surface area contributed by atoms with Crippen molar-refractivity contribution in [3.63, 3.8) is 0 Å². The number of hydrogen-bond donors (Lipinski definition) is 3. The van der Waals surface area contributed by atoms with Crippen LogP contribution in [0, 0.1) is 0 Å². The molecule has 0 aliphatic heterocycles. The van der Waals surface area contributed by atoms with Gasteiger partial charge < -0.3 is 16.8 Å². The highest BCUT2D eigenvalue weighted by Crippen LogP contribution is 2.12. The van der Waals surface area contributed by atoms with Crippen LogP contribution in [0.5, 0.6) is 0 Å². The lowest BCUT2D eigenvalue weighted by molar-refractivity contribution is 0.0998. The molecule has 0 radical (unpaired) electrons. The highest BCUT2D eigenvalue weighted by Gasteiger charge is 2.06. The molecule has 0 fully saturated rings. The number of amides is 2. The first kappa shape index (κ1) is 12.6. The molecule has 0 atom stereocenters. The smallest absolute Gasteiger partial charge is 0.255 e. The number of nitrogens with two attached hydrogens (primary N) is 2. The molecule has 0 spiro atoms. The van der Waals surface area contributed by atoms with Gasteiger partial charge in [0.1, 0.15) is 0 Å². The van der Waals surface area contributed by atoms with Crippen LogP contribution in [0.2, 0.25) is 0 Å². The van der Waals surface area contributed by atoms with E-state index in [0.717, 1.165) is 0 Å². The van der Waals surface area contributed by atoms with Gasteiger partial charge in [0.25, 0.3) is 5.91 Å². The lowest BCUT2D eigenvalue weighted by Crippen LogP contribution is -2.13. The minimum atomic E-state index is -0.506. The molecule has 0 saturated heterocycles. The fourth-order valence-electron chi connectivity index (χ4n) is 1.60. The van der Waals surface area contributed by atoms with E-state index in [9.17, 15) is 9.59 Å². The number of anilines is 2. The van der Waals surface area contributed by atoms with E-state index in [2.05, 4.69) is 5.32 Å². The average Bonchev–Trinajstić information content (AvgIpc) is 2.39. The first-order chi connectivity index (χ1) is 9.06. The predicted octanol–water partition coefficient (Wildman–Crippen LogP) is 1.62. The standard InChI is InChI=1S/C14H13N3O2/c15-11-3-1-2-10(8-11)14(19)17-12-6-4-9(5-7-12)13(16)18/h1-8H,15H2,(H2,16,18)(H,17,19). The van der Waals surface area contributed by atoms with Crippen molar-refractivity contribution in [2.24, 2.45) is 5.73 Å². The van der Waals surface area contributed by atoms with E-state index >= 15 is 0 Å². The molecule has 2 amide bonds. The van der Waals surface area contributed by atoms with E-state index in [1.807, 2.05) is 0 Å². The summed E-state index contributed by atoms with van der Waals surface area (Å²) < 4.78 is 0. The van der Waals surface area contributed by atoms with Gasteiger partial charge in [-0.05, 0) is 42.5 Å². The Morgan fingerprint density at radius 3 is 2.21 bits per heavy atom. The van der Waals surface area contributed by atoms with Crippen molar-refractivity contribution < 1.29 is 9.59 Å². The van der Waals surface area contributed by atoms with E-state index in [1.165, 1.54) is 0 Å². The zero-order chi connectivity index (χ0) is 13.8. The number of hydrogen-bond acceptors (Lipinski definition) is 3. The summed E-state index contributed by atoms with van der Waals surface area (Å²) in [4.78, 5) is 22.8. The van der Waals surface area contributed by atoms with Gasteiger partial charge in [-0.15, -0.1) is 0 Å². The third-order valence-corrected chi connectivity index (χ3v) is 2.58. The van der Waals surface area contributed by atoms with Crippen LogP contribution in [-0.2, 0) is 0 Å². The maximum Gasteiger partial charge on any atom is 0.255 e. The van der Waals surface area contributed by atoms with Crippen LogP contribution in [0.15, 0.2) is 48.5 Å². The average molecular weight is 255 g/mol. The normalized spacial score (nSPS) is 9.89. The molecule has 5 nitrogen and oxygen atoms in total. The summed E-state index contributed by atoms with van der Waals surface area (Å²) in [5.41, 5.74) is 12.7. The van der Waals surface area contributed by atoms with Crippen molar-refractivity contribution in [3.05, 3.63) is 59.7 Å². The molecule has 0 saturated carbocycles. The van der Waals surface area contributed by atoms with Crippen molar-refractivity contribution >= 4 is 23.2 Å². The highest BCUT2D eigenvalue weighted by molar-refractivity contribution is 6.05. The van der Waals surface area contributed by atoms with Gasteiger partial charge in [0.05, 0.1) is 0 Å². The molecule has 5 heteroatoms. The second-order valence-corrected chi connectivity index (χ2v) is 4.02. The predicted molar refractivity (Wildman–Crippen MR) is 73.8 cm³/mol. The van der Waals surface area contributed by atoms with Gasteiger partial charge in [-0.25, -0.2) is 0 Å². The summed E-state index contributed by atoms with van der Waals surface area (Å²) >= 11 is 0. The van der Waals surface area contributed by atoms with Gasteiger partial charge in [-0.2, -0.15) is 0 Å². The summed E-state index contributed by atoms with van der Waals surface area (Å²) in [5, 5.41) is 2.70. The van der Waals surface area contributed by atoms with Crippen molar-refractivity contribution in [3.8, 4) is 0 Å². The SMILES string of the molecule is NC(=O)c1ccc(NC(=O)c2cccc(N)c2)cc1. The van der Waals surface area contributed by atoms with Crippen molar-refractivity contribution in [2.75, 3.05) is 11.1 Å². The summed E-state index contributed by atoms with van der Waals surface area (Å²) in [6.07, 6.45) is 0. The van der Waals surface area contributed by atoms with E-state index in [0.29, 0.717) is 22.5 Å². The Morgan fingerprint density at radius 2 is 1.63 bits per heavy atom. The Bertz CT molecular complexity index is 621. The first-order valence-corrected chi connectivity index (χ1v) is 5.63. The summed E-state index contributed by atoms with van der Waals surface area (Å²) in [6, 6.07) is 13.0. The van der Waals surface area contributed by atoms with Crippen molar-refractivity contribution in [1.82, 2.24) is 0 Å². The van der Waals surface area contributed by atoms with E-state index in [4.69, 9.17) is 11.5 Å². The Labute approximate surface area is 110 Å². The number of carbonyl (C=O) groups is 2. The maximum absolute atomic E-state index is 11.9. The number of rotatable bonds is 3. The fourth-order valence-corrected chi connectivity index (χ4v) is 1.60. The Morgan fingerprint density at radius 1 is 0.947 bits per heavy atom. The molecule has 0 aromatic heterocycles. The lowest BCUT2D eigenvalue weighted by Gasteiger charge is -2.06. The van der Waals surface area contributed by atoms with E-state index < -0.39 is 5.91 Å². The molecule has 5 N–H and O–H groups in total. The molecular weight excluding hydrogens is 242 g/mol. The second kappa shape index (κ2) is 5.22. The largest absolute Gasteiger partial charge is 0.399 e. The third-order valence-electron chi connectivity index (χ3n) is 2.58. The minimum absolute atomic E-state index is 0.265. The molecule has 0 unspecified atom stereocenters. The van der Waals surface area contributed by atoms with E-state index in [1.54, 1.807) is 48.5 Å². The summed E-state index contributed by atoms with van der Waals surface area (Å²) in [7, 11) is 0. The minimum Gasteiger partial charge on any atom is -0.399 e. The molecule has 2 rings (SSSR count). The Balaban J connectivity index is 2.13. The fraction of sp³-hybridized carbons (Fsp3) is 0. The third kappa shape index (κ3) is 3.10. The number of nitrogens with one attached hydrogen (secondary N) is 1. The number of carbonyl (C=O) groups excluding carboxylic acids is 2. The number of primary amides is 1. The second-order valence-electron chi connectivity index (χ2n) is 4.02. The van der Waals surface area contributed by atoms with E-state index in [-0.39, 0.29) is 5.91 Å². The monoisotopic (exact) mass is 255 g/mol. The zero-order valence-corrected chi connectivity index (χ0v) is 10.1. The van der Waals surface area contributed by atoms with Crippen LogP contribution >= 0.6 is 0 Å². The van der Waals surface area contributed by atoms with Gasteiger partial charge >= 0.3 is 0 Å². The topological polar surface area (TPSA) is 98.2 Å². The van der Waals surface area contributed by atoms with Crippen LogP contribution in [0.4, 0.5) is 11.4 Å². The van der Waals surface area contributed by atoms with Crippen LogP contribution in [0.3, 0.4) is 0 Å². The molecule has 19 heavy (non-hydrogen) atoms. The van der Waals surface area contributed by atoms with Crippen LogP contribution < -0.4 is 16.8 Å². The quantitative estimate of drug-likeness (QED) is 0.727. The van der Waals surface area contributed by atoms with Gasteiger partial charge in [-0.3, -0.25) is 9.59 Å². The Hall–Kier alpha value is -2.82. The number of benzene rings is 2. The molecule has 0 heterocycles. The van der Waals surface area contributed by atoms with Crippen LogP contribution in [0.25, 0.3) is 0 Å². The van der Waals surface area contributed by atoms with Gasteiger partial charge in [0, 0.05) is 22.5 Å². The van der Waals surface area contributed by atoms with Gasteiger partial charge in [0.2, 0.25) is 5.91 Å². The molecule has 0 aliphatic carbocycles. The Kier molecular flexibility index (Phi) is 3.47. The number of nitrogen functional groups attached to an aromatic ring is 1. The summed E-state index contributed by atoms with van der Waals surface area (Å²) in [5.74, 6) is -0.771. The zero-order valence-electron chi connectivity index (χ0n) is 10.1. The van der Waals surface area contributed by atoms with Crippen molar-refractivity contribution in [1.29, 1.82) is 0 Å². The molecule has 2 aromatic rings. The molecule has 0 aliphatic rings. The highest BCUT2D eigenvalue weighted by atomic mass is 16.2. The first-order valence-electron chi connectivity index (χ1n) is 5.63. The molecular formula is C14H13N3O2. The maximum atomic E-state index is 11.9. The van der Waals surface area contributed by atoms with Crippen LogP contribution in [0.1, 0.15) is 20.7 Å². The van der Waals surface area contributed by atoms with Crippen molar-refractivity contribution in [2.45, 2.75) is 0 Å². The molecule has 0 bridgehead atoms. The van der Waals surface area contributed by atoms with Gasteiger partial charge in [0.15, 0.2) is 0 Å². The lowest BCUT2D eigenvalue weighted by atomic mass is 10.1. The molecule has 96 valence electrons. The molecule has 2 aromatic carbocycles. The van der Waals surface area contributed by atoms with Crippen LogP contribution in [-0.4, -0.2) is 11.8 Å². The van der Waals surface area contributed by atoms with Gasteiger partial charge in [-0.1, -0.05) is 6.07 Å².